The van der Waals surface area contributed by atoms with Crippen molar-refractivity contribution in [1.82, 2.24) is 9.38 Å². The molecule has 122 valence electrons. The van der Waals surface area contributed by atoms with E-state index in [2.05, 4.69) is 48.4 Å². The number of benzene rings is 1. The van der Waals surface area contributed by atoms with E-state index in [1.165, 1.54) is 16.7 Å². The Hall–Kier alpha value is -2.80. The second-order valence-electron chi connectivity index (χ2n) is 6.15. The van der Waals surface area contributed by atoms with Gasteiger partial charge in [-0.05, 0) is 49.9 Å². The Bertz CT molecular complexity index is 944. The lowest BCUT2D eigenvalue weighted by atomic mass is 10.00. The number of anilines is 1. The van der Waals surface area contributed by atoms with Gasteiger partial charge in [0.1, 0.15) is 6.07 Å². The molecule has 0 spiro atoms. The summed E-state index contributed by atoms with van der Waals surface area (Å²) in [5.74, 6) is 0. The first-order chi connectivity index (χ1) is 11.5. The van der Waals surface area contributed by atoms with Crippen molar-refractivity contribution in [3.63, 3.8) is 0 Å². The minimum absolute atomic E-state index is 0.631. The summed E-state index contributed by atoms with van der Waals surface area (Å²) in [7, 11) is 0. The van der Waals surface area contributed by atoms with Crippen molar-refractivity contribution in [3.05, 3.63) is 64.1 Å². The highest BCUT2D eigenvalue weighted by Gasteiger charge is 2.12. The van der Waals surface area contributed by atoms with Gasteiger partial charge in [-0.3, -0.25) is 0 Å². The third-order valence-electron chi connectivity index (χ3n) is 4.67. The molecule has 2 heterocycles. The predicted octanol–water partition coefficient (Wildman–Crippen LogP) is 4.31. The molecule has 4 heteroatoms. The number of fused-ring (bicyclic) bond motifs is 1. The zero-order valence-corrected chi connectivity index (χ0v) is 14.6. The number of nitriles is 1. The van der Waals surface area contributed by atoms with E-state index < -0.39 is 0 Å². The molecular formula is C20H22N4. The van der Waals surface area contributed by atoms with E-state index in [9.17, 15) is 5.26 Å². The minimum atomic E-state index is 0.631. The Kier molecular flexibility index (Phi) is 4.26. The first kappa shape index (κ1) is 16.1. The van der Waals surface area contributed by atoms with Crippen molar-refractivity contribution < 1.29 is 0 Å². The summed E-state index contributed by atoms with van der Waals surface area (Å²) < 4.78 is 1.99. The van der Waals surface area contributed by atoms with Gasteiger partial charge in [0.05, 0.1) is 16.9 Å². The minimum Gasteiger partial charge on any atom is -0.378 e. The number of imidazole rings is 1. The van der Waals surface area contributed by atoms with Crippen LogP contribution in [0.4, 0.5) is 5.69 Å². The fourth-order valence-electron chi connectivity index (χ4n) is 3.09. The lowest BCUT2D eigenvalue weighted by Crippen LogP contribution is -2.06. The van der Waals surface area contributed by atoms with Gasteiger partial charge in [0.25, 0.3) is 0 Å². The molecule has 1 N–H and O–H groups in total. The third kappa shape index (κ3) is 2.74. The third-order valence-corrected chi connectivity index (χ3v) is 4.67. The molecule has 3 rings (SSSR count). The summed E-state index contributed by atoms with van der Waals surface area (Å²) in [5.41, 5.74) is 8.40. The predicted molar refractivity (Wildman–Crippen MR) is 97.3 cm³/mol. The molecule has 0 bridgehead atoms. The first-order valence-corrected chi connectivity index (χ1v) is 8.25. The largest absolute Gasteiger partial charge is 0.378 e. The van der Waals surface area contributed by atoms with E-state index in [0.717, 1.165) is 35.7 Å². The van der Waals surface area contributed by atoms with Crippen LogP contribution in [-0.2, 0) is 13.0 Å². The van der Waals surface area contributed by atoms with Gasteiger partial charge in [0.15, 0.2) is 5.65 Å². The number of rotatable bonds is 4. The van der Waals surface area contributed by atoms with Crippen molar-refractivity contribution in [2.45, 2.75) is 40.7 Å². The number of aromatic nitrogens is 2. The molecule has 0 atom stereocenters. The van der Waals surface area contributed by atoms with Gasteiger partial charge in [-0.25, -0.2) is 4.98 Å². The Morgan fingerprint density at radius 3 is 2.75 bits per heavy atom. The number of pyridine rings is 1. The van der Waals surface area contributed by atoms with Gasteiger partial charge in [-0.1, -0.05) is 25.1 Å². The standard InChI is InChI=1S/C20H22N4/c1-5-17-8-6-7-13(2)18(17)11-22-19-9-16(10-21)12-24-15(4)14(3)23-20(19)24/h6-9,12,22H,5,11H2,1-4H3. The molecule has 4 nitrogen and oxygen atoms in total. The molecule has 0 radical (unpaired) electrons. The number of aryl methyl sites for hydroxylation is 4. The lowest BCUT2D eigenvalue weighted by Gasteiger charge is -2.14. The Morgan fingerprint density at radius 2 is 2.04 bits per heavy atom. The topological polar surface area (TPSA) is 53.1 Å². The van der Waals surface area contributed by atoms with Crippen LogP contribution in [0.5, 0.6) is 0 Å². The van der Waals surface area contributed by atoms with Gasteiger partial charge in [-0.15, -0.1) is 0 Å². The molecule has 0 aliphatic rings. The Morgan fingerprint density at radius 1 is 1.25 bits per heavy atom. The van der Waals surface area contributed by atoms with Crippen LogP contribution in [0.15, 0.2) is 30.5 Å². The number of nitrogens with zero attached hydrogens (tertiary/aromatic N) is 3. The number of nitrogens with one attached hydrogen (secondary N) is 1. The van der Waals surface area contributed by atoms with Gasteiger partial charge < -0.3 is 9.72 Å². The van der Waals surface area contributed by atoms with Crippen molar-refractivity contribution in [3.8, 4) is 6.07 Å². The van der Waals surface area contributed by atoms with E-state index in [1.54, 1.807) is 0 Å². The summed E-state index contributed by atoms with van der Waals surface area (Å²) in [6.07, 6.45) is 2.86. The second-order valence-corrected chi connectivity index (χ2v) is 6.15. The Labute approximate surface area is 142 Å². The molecule has 1 aromatic carbocycles. The van der Waals surface area contributed by atoms with E-state index in [-0.39, 0.29) is 0 Å². The fraction of sp³-hybridized carbons (Fsp3) is 0.300. The molecule has 0 saturated heterocycles. The molecule has 0 aliphatic heterocycles. The van der Waals surface area contributed by atoms with Crippen LogP contribution in [0, 0.1) is 32.1 Å². The van der Waals surface area contributed by atoms with Gasteiger partial charge >= 0.3 is 0 Å². The molecule has 2 aromatic heterocycles. The molecule has 0 amide bonds. The van der Waals surface area contributed by atoms with E-state index in [4.69, 9.17) is 0 Å². The molecule has 0 unspecified atom stereocenters. The maximum absolute atomic E-state index is 9.32. The second kappa shape index (κ2) is 6.37. The van der Waals surface area contributed by atoms with Crippen LogP contribution in [0.2, 0.25) is 0 Å². The fourth-order valence-corrected chi connectivity index (χ4v) is 3.09. The van der Waals surface area contributed by atoms with Crippen LogP contribution < -0.4 is 5.32 Å². The van der Waals surface area contributed by atoms with Gasteiger partial charge in [0, 0.05) is 18.4 Å². The maximum atomic E-state index is 9.32. The van der Waals surface area contributed by atoms with Crippen molar-refractivity contribution in [2.75, 3.05) is 5.32 Å². The molecule has 0 fully saturated rings. The zero-order valence-electron chi connectivity index (χ0n) is 14.6. The molecule has 0 saturated carbocycles. The van der Waals surface area contributed by atoms with Crippen molar-refractivity contribution >= 4 is 11.3 Å². The summed E-state index contributed by atoms with van der Waals surface area (Å²) in [6.45, 7) is 9.06. The molecule has 24 heavy (non-hydrogen) atoms. The van der Waals surface area contributed by atoms with Crippen LogP contribution in [0.25, 0.3) is 5.65 Å². The highest BCUT2D eigenvalue weighted by atomic mass is 15.1. The van der Waals surface area contributed by atoms with Crippen LogP contribution >= 0.6 is 0 Å². The summed E-state index contributed by atoms with van der Waals surface area (Å²) in [5, 5.41) is 12.8. The van der Waals surface area contributed by atoms with Gasteiger partial charge in [-0.2, -0.15) is 5.26 Å². The maximum Gasteiger partial charge on any atom is 0.160 e. The summed E-state index contributed by atoms with van der Waals surface area (Å²) in [4.78, 5) is 4.66. The monoisotopic (exact) mass is 318 g/mol. The molecule has 0 aliphatic carbocycles. The smallest absolute Gasteiger partial charge is 0.160 e. The average Bonchev–Trinajstić information content (AvgIpc) is 2.88. The Balaban J connectivity index is 2.02. The van der Waals surface area contributed by atoms with E-state index in [1.807, 2.05) is 30.5 Å². The molecule has 3 aromatic rings. The first-order valence-electron chi connectivity index (χ1n) is 8.25. The summed E-state index contributed by atoms with van der Waals surface area (Å²) in [6, 6.07) is 10.5. The highest BCUT2D eigenvalue weighted by molar-refractivity contribution is 5.71. The molecular weight excluding hydrogens is 296 g/mol. The zero-order chi connectivity index (χ0) is 17.3. The van der Waals surface area contributed by atoms with Crippen molar-refractivity contribution in [1.29, 1.82) is 5.26 Å². The van der Waals surface area contributed by atoms with E-state index in [0.29, 0.717) is 5.56 Å². The lowest BCUT2D eigenvalue weighted by molar-refractivity contribution is 1.02. The SMILES string of the molecule is CCc1cccc(C)c1CNc1cc(C#N)cn2c(C)c(C)nc12. The quantitative estimate of drug-likeness (QED) is 0.780. The number of hydrogen-bond acceptors (Lipinski definition) is 3. The highest BCUT2D eigenvalue weighted by Crippen LogP contribution is 2.23. The average molecular weight is 318 g/mol. The van der Waals surface area contributed by atoms with Gasteiger partial charge in [0.2, 0.25) is 0 Å². The van der Waals surface area contributed by atoms with Crippen LogP contribution in [0.1, 0.15) is 40.6 Å². The number of hydrogen-bond donors (Lipinski definition) is 1. The summed E-state index contributed by atoms with van der Waals surface area (Å²) >= 11 is 0. The van der Waals surface area contributed by atoms with Crippen LogP contribution in [-0.4, -0.2) is 9.38 Å². The van der Waals surface area contributed by atoms with E-state index >= 15 is 0 Å². The normalized spacial score (nSPS) is 10.8. The van der Waals surface area contributed by atoms with Crippen molar-refractivity contribution in [2.24, 2.45) is 0 Å². The van der Waals surface area contributed by atoms with Crippen LogP contribution in [0.3, 0.4) is 0 Å².